The van der Waals surface area contributed by atoms with Crippen LogP contribution in [0.1, 0.15) is 16.1 Å². The number of hydrogen-bond acceptors (Lipinski definition) is 6. The van der Waals surface area contributed by atoms with Crippen LogP contribution in [0.4, 0.5) is 5.69 Å². The molecule has 27 heavy (non-hydrogen) atoms. The molecule has 0 radical (unpaired) electrons. The molecule has 0 saturated carbocycles. The number of morpholine rings is 1. The van der Waals surface area contributed by atoms with E-state index >= 15 is 0 Å². The smallest absolute Gasteiger partial charge is 0.251 e. The summed E-state index contributed by atoms with van der Waals surface area (Å²) >= 11 is 0. The summed E-state index contributed by atoms with van der Waals surface area (Å²) in [6.45, 7) is 3.54. The Hall–Kier alpha value is -3.26. The van der Waals surface area contributed by atoms with E-state index in [1.807, 2.05) is 36.4 Å². The van der Waals surface area contributed by atoms with Crippen molar-refractivity contribution in [3.05, 3.63) is 66.2 Å². The summed E-state index contributed by atoms with van der Waals surface area (Å²) in [5.41, 5.74) is 3.28. The summed E-state index contributed by atoms with van der Waals surface area (Å²) in [5, 5.41) is 11.0. The van der Waals surface area contributed by atoms with Gasteiger partial charge in [0.15, 0.2) is 0 Å². The molecule has 0 aliphatic carbocycles. The first-order chi connectivity index (χ1) is 13.3. The van der Waals surface area contributed by atoms with E-state index in [0.29, 0.717) is 17.8 Å². The van der Waals surface area contributed by atoms with Gasteiger partial charge in [0, 0.05) is 36.7 Å². The van der Waals surface area contributed by atoms with Crippen molar-refractivity contribution >= 4 is 11.6 Å². The first kappa shape index (κ1) is 17.2. The number of carbonyl (C=O) groups excluding carboxylic acids is 1. The molecular weight excluding hydrogens is 344 g/mol. The highest BCUT2D eigenvalue weighted by atomic mass is 16.5. The molecule has 138 valence electrons. The van der Waals surface area contributed by atoms with Crippen molar-refractivity contribution in [2.45, 2.75) is 6.54 Å². The Labute approximate surface area is 156 Å². The Morgan fingerprint density at radius 2 is 1.78 bits per heavy atom. The van der Waals surface area contributed by atoms with Crippen LogP contribution in [0.5, 0.6) is 0 Å². The van der Waals surface area contributed by atoms with Gasteiger partial charge < -0.3 is 15.0 Å². The summed E-state index contributed by atoms with van der Waals surface area (Å²) in [4.78, 5) is 18.6. The normalized spacial score (nSPS) is 14.1. The lowest BCUT2D eigenvalue weighted by Gasteiger charge is -2.28. The minimum atomic E-state index is -0.137. The molecule has 1 N–H and O–H groups in total. The van der Waals surface area contributed by atoms with Crippen LogP contribution >= 0.6 is 0 Å². The van der Waals surface area contributed by atoms with Gasteiger partial charge in [0.25, 0.3) is 5.91 Å². The van der Waals surface area contributed by atoms with E-state index in [1.54, 1.807) is 23.3 Å². The summed E-state index contributed by atoms with van der Waals surface area (Å²) < 4.78 is 7.02. The molecule has 1 aliphatic heterocycles. The molecule has 0 spiro atoms. The topological polar surface area (TPSA) is 85.2 Å². The zero-order valence-electron chi connectivity index (χ0n) is 14.8. The van der Waals surface area contributed by atoms with Crippen molar-refractivity contribution in [1.82, 2.24) is 25.3 Å². The van der Waals surface area contributed by atoms with Crippen LogP contribution < -0.4 is 10.2 Å². The van der Waals surface area contributed by atoms with Gasteiger partial charge in [0.05, 0.1) is 31.6 Å². The van der Waals surface area contributed by atoms with Crippen molar-refractivity contribution in [3.63, 3.8) is 0 Å². The number of benzene rings is 1. The van der Waals surface area contributed by atoms with E-state index in [1.165, 1.54) is 0 Å². The maximum Gasteiger partial charge on any atom is 0.251 e. The number of amides is 1. The van der Waals surface area contributed by atoms with Gasteiger partial charge in [-0.1, -0.05) is 5.21 Å². The number of pyridine rings is 1. The molecule has 1 aliphatic rings. The molecule has 3 aromatic rings. The molecule has 8 heteroatoms. The fourth-order valence-electron chi connectivity index (χ4n) is 2.92. The lowest BCUT2D eigenvalue weighted by molar-refractivity contribution is 0.0950. The number of aromatic nitrogens is 4. The summed E-state index contributed by atoms with van der Waals surface area (Å²) in [7, 11) is 0. The minimum absolute atomic E-state index is 0.137. The van der Waals surface area contributed by atoms with Crippen LogP contribution in [0.2, 0.25) is 0 Å². The molecule has 1 saturated heterocycles. The predicted molar refractivity (Wildman–Crippen MR) is 99.8 cm³/mol. The lowest BCUT2D eigenvalue weighted by Crippen LogP contribution is -2.36. The van der Waals surface area contributed by atoms with Gasteiger partial charge in [-0.15, -0.1) is 5.10 Å². The van der Waals surface area contributed by atoms with Crippen LogP contribution in [-0.2, 0) is 11.3 Å². The van der Waals surface area contributed by atoms with Gasteiger partial charge in [-0.2, -0.15) is 0 Å². The van der Waals surface area contributed by atoms with Crippen LogP contribution in [0.15, 0.2) is 55.0 Å². The van der Waals surface area contributed by atoms with Gasteiger partial charge in [0.1, 0.15) is 5.69 Å². The molecule has 3 heterocycles. The maximum absolute atomic E-state index is 12.4. The number of carbonyl (C=O) groups is 1. The second kappa shape index (κ2) is 7.96. The number of anilines is 1. The van der Waals surface area contributed by atoms with Crippen molar-refractivity contribution in [2.24, 2.45) is 0 Å². The number of nitrogens with zero attached hydrogens (tertiary/aromatic N) is 5. The largest absolute Gasteiger partial charge is 0.378 e. The summed E-state index contributed by atoms with van der Waals surface area (Å²) in [6, 6.07) is 11.3. The molecule has 0 bridgehead atoms. The molecular formula is C19H20N6O2. The molecule has 0 unspecified atom stereocenters. The van der Waals surface area contributed by atoms with E-state index in [4.69, 9.17) is 4.74 Å². The summed E-state index contributed by atoms with van der Waals surface area (Å²) in [5.74, 6) is -0.137. The third-order valence-electron chi connectivity index (χ3n) is 4.40. The van der Waals surface area contributed by atoms with Crippen LogP contribution in [0.3, 0.4) is 0 Å². The Morgan fingerprint density at radius 1 is 1.04 bits per heavy atom. The second-order valence-corrected chi connectivity index (χ2v) is 6.19. The summed E-state index contributed by atoms with van der Waals surface area (Å²) in [6.07, 6.45) is 5.18. The Kier molecular flexibility index (Phi) is 5.06. The Bertz CT molecular complexity index is 888. The van der Waals surface area contributed by atoms with Crippen LogP contribution in [-0.4, -0.2) is 52.2 Å². The zero-order chi connectivity index (χ0) is 18.5. The van der Waals surface area contributed by atoms with E-state index < -0.39 is 0 Å². The monoisotopic (exact) mass is 364 g/mol. The average Bonchev–Trinajstić information content (AvgIpc) is 3.22. The first-order valence-electron chi connectivity index (χ1n) is 8.82. The standard InChI is InChI=1S/C19H20N6O2/c26-19(15-1-3-17(4-2-15)24-9-11-27-12-10-24)21-13-16-14-25(23-22-16)18-5-7-20-8-6-18/h1-8,14H,9-13H2,(H,21,26). The highest BCUT2D eigenvalue weighted by Gasteiger charge is 2.12. The van der Waals surface area contributed by atoms with Gasteiger partial charge in [-0.3, -0.25) is 9.78 Å². The second-order valence-electron chi connectivity index (χ2n) is 6.19. The quantitative estimate of drug-likeness (QED) is 0.737. The van der Waals surface area contributed by atoms with E-state index in [0.717, 1.165) is 37.7 Å². The van der Waals surface area contributed by atoms with Crippen molar-refractivity contribution in [3.8, 4) is 5.69 Å². The van der Waals surface area contributed by atoms with Gasteiger partial charge in [-0.05, 0) is 36.4 Å². The Balaban J connectivity index is 1.35. The van der Waals surface area contributed by atoms with E-state index in [2.05, 4.69) is 25.5 Å². The SMILES string of the molecule is O=C(NCc1cn(-c2ccncc2)nn1)c1ccc(N2CCOCC2)cc1. The first-order valence-corrected chi connectivity index (χ1v) is 8.82. The van der Waals surface area contributed by atoms with E-state index in [-0.39, 0.29) is 5.91 Å². The van der Waals surface area contributed by atoms with Crippen LogP contribution in [0, 0.1) is 0 Å². The fourth-order valence-corrected chi connectivity index (χ4v) is 2.92. The zero-order valence-corrected chi connectivity index (χ0v) is 14.8. The molecule has 2 aromatic heterocycles. The molecule has 4 rings (SSSR count). The van der Waals surface area contributed by atoms with Gasteiger partial charge >= 0.3 is 0 Å². The van der Waals surface area contributed by atoms with Gasteiger partial charge in [-0.25, -0.2) is 4.68 Å². The average molecular weight is 364 g/mol. The molecule has 1 amide bonds. The number of ether oxygens (including phenoxy) is 1. The van der Waals surface area contributed by atoms with E-state index in [9.17, 15) is 4.79 Å². The van der Waals surface area contributed by atoms with Crippen molar-refractivity contribution in [2.75, 3.05) is 31.2 Å². The van der Waals surface area contributed by atoms with Crippen LogP contribution in [0.25, 0.3) is 5.69 Å². The predicted octanol–water partition coefficient (Wildman–Crippen LogP) is 1.43. The highest BCUT2D eigenvalue weighted by Crippen LogP contribution is 2.16. The van der Waals surface area contributed by atoms with Gasteiger partial charge in [0.2, 0.25) is 0 Å². The highest BCUT2D eigenvalue weighted by molar-refractivity contribution is 5.94. The van der Waals surface area contributed by atoms with Crippen molar-refractivity contribution in [1.29, 1.82) is 0 Å². The maximum atomic E-state index is 12.4. The Morgan fingerprint density at radius 3 is 2.52 bits per heavy atom. The minimum Gasteiger partial charge on any atom is -0.378 e. The number of rotatable bonds is 5. The van der Waals surface area contributed by atoms with Crippen molar-refractivity contribution < 1.29 is 9.53 Å². The number of nitrogens with one attached hydrogen (secondary N) is 1. The molecule has 0 atom stereocenters. The number of hydrogen-bond donors (Lipinski definition) is 1. The third-order valence-corrected chi connectivity index (χ3v) is 4.40. The molecule has 1 aromatic carbocycles. The lowest BCUT2D eigenvalue weighted by atomic mass is 10.1. The fraction of sp³-hybridized carbons (Fsp3) is 0.263. The molecule has 8 nitrogen and oxygen atoms in total. The molecule has 1 fully saturated rings. The third kappa shape index (κ3) is 4.12.